The number of likely N-dealkylation sites (tertiary alicyclic amines) is 1. The Hall–Kier alpha value is -5.72. The summed E-state index contributed by atoms with van der Waals surface area (Å²) in [5.41, 5.74) is 13.5. The van der Waals surface area contributed by atoms with Crippen LogP contribution in [-0.2, 0) is 82.3 Å². The van der Waals surface area contributed by atoms with Gasteiger partial charge in [0.1, 0.15) is 12.6 Å². The molecule has 4 N–H and O–H groups in total. The SMILES string of the molecule is C[C@@H](OCc1ccc(CCCNC(=O)COCCOCCOCCCc2ccc3c(c2)n(C)c(=O)n3C2CCC(=O)N(C)C2=O)cc1)[C@H](CCC(N)=O)NC[C@@H]1Cc2cccc3c2N1C(=O)CCC3. The summed E-state index contributed by atoms with van der Waals surface area (Å²) in [6.45, 7) is 5.52. The monoisotopic (exact) mass is 952 g/mol. The Morgan fingerprint density at radius 2 is 1.51 bits per heavy atom. The first-order valence-corrected chi connectivity index (χ1v) is 24.5. The molecule has 4 atom stereocenters. The summed E-state index contributed by atoms with van der Waals surface area (Å²) >= 11 is 0. The van der Waals surface area contributed by atoms with Crippen molar-refractivity contribution in [3.05, 3.63) is 99.0 Å². The molecule has 5 amide bonds. The summed E-state index contributed by atoms with van der Waals surface area (Å²) in [7, 11) is 3.15. The van der Waals surface area contributed by atoms with Gasteiger partial charge in [-0.2, -0.15) is 0 Å². The number of carbonyl (C=O) groups is 5. The normalized spacial score (nSPS) is 17.9. The van der Waals surface area contributed by atoms with Crippen LogP contribution in [0.5, 0.6) is 0 Å². The average molecular weight is 952 g/mol. The van der Waals surface area contributed by atoms with E-state index in [2.05, 4.69) is 53.1 Å². The number of benzene rings is 3. The van der Waals surface area contributed by atoms with Gasteiger partial charge in [0.25, 0.3) is 5.91 Å². The number of imidazole rings is 1. The molecule has 3 aromatic carbocycles. The van der Waals surface area contributed by atoms with E-state index in [0.29, 0.717) is 77.5 Å². The topological polar surface area (TPSA) is 206 Å². The number of nitrogens with two attached hydrogens (primary N) is 1. The average Bonchev–Trinajstić information content (AvgIpc) is 3.77. The van der Waals surface area contributed by atoms with Gasteiger partial charge in [0.2, 0.25) is 23.6 Å². The molecule has 4 heterocycles. The Morgan fingerprint density at radius 1 is 0.797 bits per heavy atom. The molecule has 0 bridgehead atoms. The van der Waals surface area contributed by atoms with Crippen molar-refractivity contribution in [1.82, 2.24) is 24.7 Å². The van der Waals surface area contributed by atoms with E-state index in [-0.39, 0.29) is 72.9 Å². The van der Waals surface area contributed by atoms with Gasteiger partial charge < -0.3 is 40.2 Å². The minimum absolute atomic E-state index is 0.0117. The van der Waals surface area contributed by atoms with E-state index < -0.39 is 6.04 Å². The van der Waals surface area contributed by atoms with Gasteiger partial charge in [0, 0.05) is 59.1 Å². The molecule has 7 rings (SSSR count). The third kappa shape index (κ3) is 13.3. The van der Waals surface area contributed by atoms with Gasteiger partial charge in [-0.05, 0) is 105 Å². The van der Waals surface area contributed by atoms with Gasteiger partial charge in [0.05, 0.1) is 61.9 Å². The number of rotatable bonds is 27. The number of anilines is 1. The van der Waals surface area contributed by atoms with Crippen LogP contribution in [0, 0.1) is 0 Å². The molecule has 372 valence electrons. The smallest absolute Gasteiger partial charge is 0.329 e. The van der Waals surface area contributed by atoms with E-state index in [1.165, 1.54) is 22.7 Å². The maximum atomic E-state index is 13.2. The third-order valence-corrected chi connectivity index (χ3v) is 13.6. The lowest BCUT2D eigenvalue weighted by Crippen LogP contribution is -2.49. The van der Waals surface area contributed by atoms with Crippen molar-refractivity contribution in [2.45, 2.75) is 115 Å². The fourth-order valence-corrected chi connectivity index (χ4v) is 9.68. The van der Waals surface area contributed by atoms with Crippen LogP contribution in [0.3, 0.4) is 0 Å². The van der Waals surface area contributed by atoms with Gasteiger partial charge >= 0.3 is 5.69 Å². The van der Waals surface area contributed by atoms with Crippen molar-refractivity contribution in [1.29, 1.82) is 0 Å². The highest BCUT2D eigenvalue weighted by Gasteiger charge is 2.38. The highest BCUT2D eigenvalue weighted by atomic mass is 16.5. The molecule has 0 spiro atoms. The molecular formula is C52H69N7O10. The maximum absolute atomic E-state index is 13.2. The van der Waals surface area contributed by atoms with Crippen molar-refractivity contribution < 1.29 is 42.9 Å². The molecule has 69 heavy (non-hydrogen) atoms. The molecule has 4 aromatic rings. The summed E-state index contributed by atoms with van der Waals surface area (Å²) < 4.78 is 26.2. The number of para-hydroxylation sites is 1. The number of ether oxygens (including phenoxy) is 4. The highest BCUT2D eigenvalue weighted by Crippen LogP contribution is 2.39. The second-order valence-corrected chi connectivity index (χ2v) is 18.5. The molecule has 1 saturated heterocycles. The Bertz CT molecular complexity index is 2490. The summed E-state index contributed by atoms with van der Waals surface area (Å²) in [6, 6.07) is 19.6. The second kappa shape index (κ2) is 24.7. The van der Waals surface area contributed by atoms with Crippen molar-refractivity contribution in [2.24, 2.45) is 12.8 Å². The number of nitrogens with one attached hydrogen (secondary N) is 2. The number of amides is 5. The van der Waals surface area contributed by atoms with Crippen LogP contribution in [-0.4, -0.2) is 122 Å². The summed E-state index contributed by atoms with van der Waals surface area (Å²) in [4.78, 5) is 78.3. The number of aryl methyl sites for hydroxylation is 4. The zero-order valence-electron chi connectivity index (χ0n) is 40.4. The molecule has 17 heteroatoms. The highest BCUT2D eigenvalue weighted by molar-refractivity contribution is 6.00. The predicted molar refractivity (Wildman–Crippen MR) is 261 cm³/mol. The number of hydrogen-bond donors (Lipinski definition) is 3. The summed E-state index contributed by atoms with van der Waals surface area (Å²) in [5.74, 6) is -0.948. The lowest BCUT2D eigenvalue weighted by atomic mass is 10.0. The van der Waals surface area contributed by atoms with Gasteiger partial charge in [-0.3, -0.25) is 38.0 Å². The first-order chi connectivity index (χ1) is 33.4. The zero-order chi connectivity index (χ0) is 48.9. The van der Waals surface area contributed by atoms with Crippen molar-refractivity contribution >= 4 is 46.3 Å². The van der Waals surface area contributed by atoms with Crippen molar-refractivity contribution in [2.75, 3.05) is 64.7 Å². The van der Waals surface area contributed by atoms with Crippen LogP contribution < -0.4 is 27.0 Å². The van der Waals surface area contributed by atoms with E-state index >= 15 is 0 Å². The summed E-state index contributed by atoms with van der Waals surface area (Å²) in [6.07, 6.45) is 7.34. The second-order valence-electron chi connectivity index (χ2n) is 18.5. The molecule has 0 saturated carbocycles. The third-order valence-electron chi connectivity index (χ3n) is 13.6. The molecule has 1 fully saturated rings. The van der Waals surface area contributed by atoms with Crippen LogP contribution in [0.2, 0.25) is 0 Å². The van der Waals surface area contributed by atoms with E-state index in [4.69, 9.17) is 24.7 Å². The number of hydrogen-bond acceptors (Lipinski definition) is 11. The number of carbonyl (C=O) groups excluding carboxylic acids is 5. The van der Waals surface area contributed by atoms with Crippen LogP contribution in [0.25, 0.3) is 11.0 Å². The van der Waals surface area contributed by atoms with Crippen LogP contribution in [0.15, 0.2) is 65.5 Å². The molecule has 3 aliphatic heterocycles. The Balaban J connectivity index is 0.709. The first kappa shape index (κ1) is 51.1. The molecular weight excluding hydrogens is 883 g/mol. The Labute approximate surface area is 403 Å². The molecule has 1 unspecified atom stereocenters. The Kier molecular flexibility index (Phi) is 18.3. The molecule has 0 radical (unpaired) electrons. The van der Waals surface area contributed by atoms with Crippen molar-refractivity contribution in [3.8, 4) is 0 Å². The van der Waals surface area contributed by atoms with E-state index in [0.717, 1.165) is 77.7 Å². The van der Waals surface area contributed by atoms with E-state index in [9.17, 15) is 28.8 Å². The number of primary amides is 1. The van der Waals surface area contributed by atoms with Gasteiger partial charge in [0.15, 0.2) is 0 Å². The van der Waals surface area contributed by atoms with Crippen LogP contribution in [0.1, 0.15) is 92.1 Å². The number of imide groups is 1. The minimum atomic E-state index is -0.695. The standard InChI is InChI=1S/C52H69N7O10/c1-35(42(19-22-46(53)60)55-32-41-31-40-12-4-10-39-11-5-13-49(63)58(41)50(39)40)69-33-38-16-14-36(15-17-38)8-6-24-54-47(61)34-68-29-28-67-27-26-66-25-7-9-37-18-20-43-45(30-37)56(2)52(65)59(43)44-21-23-48(62)57(3)51(44)64/h4,10,12,14-18,20,30,35,41-42,44,55H,5-9,11,13,19,21-29,31-34H2,1-3H3,(H2,53,60)(H,54,61)/t35-,41+,42+,44?/m1/s1. The van der Waals surface area contributed by atoms with E-state index in [1.807, 2.05) is 30.0 Å². The quantitative estimate of drug-likeness (QED) is 0.0579. The maximum Gasteiger partial charge on any atom is 0.329 e. The number of fused-ring (bicyclic) bond motifs is 1. The number of likely N-dealkylation sites (N-methyl/N-ethyl adjacent to an activating group) is 1. The molecule has 3 aliphatic rings. The fraction of sp³-hybridized carbons (Fsp3) is 0.538. The molecule has 1 aromatic heterocycles. The van der Waals surface area contributed by atoms with E-state index in [1.54, 1.807) is 11.6 Å². The van der Waals surface area contributed by atoms with Crippen molar-refractivity contribution in [3.63, 3.8) is 0 Å². The summed E-state index contributed by atoms with van der Waals surface area (Å²) in [5, 5.41) is 6.55. The van der Waals surface area contributed by atoms with Crippen LogP contribution >= 0.6 is 0 Å². The van der Waals surface area contributed by atoms with Gasteiger partial charge in [-0.25, -0.2) is 4.79 Å². The van der Waals surface area contributed by atoms with Gasteiger partial charge in [-0.15, -0.1) is 0 Å². The number of aromatic nitrogens is 2. The molecule has 17 nitrogen and oxygen atoms in total. The zero-order valence-corrected chi connectivity index (χ0v) is 40.4. The van der Waals surface area contributed by atoms with Gasteiger partial charge in [-0.1, -0.05) is 48.5 Å². The first-order valence-electron chi connectivity index (χ1n) is 24.5. The largest absolute Gasteiger partial charge is 0.379 e. The fourth-order valence-electron chi connectivity index (χ4n) is 9.68. The minimum Gasteiger partial charge on any atom is -0.379 e. The lowest BCUT2D eigenvalue weighted by Gasteiger charge is -2.30. The number of piperidine rings is 1. The lowest BCUT2D eigenvalue weighted by molar-refractivity contribution is -0.149. The molecule has 0 aliphatic carbocycles. The van der Waals surface area contributed by atoms with Crippen LogP contribution in [0.4, 0.5) is 5.69 Å². The Morgan fingerprint density at radius 3 is 2.29 bits per heavy atom. The number of nitrogens with zero attached hydrogens (tertiary/aromatic N) is 4. The predicted octanol–water partition coefficient (Wildman–Crippen LogP) is 3.81.